The van der Waals surface area contributed by atoms with E-state index < -0.39 is 5.97 Å². The molecule has 0 aliphatic rings. The fourth-order valence-electron chi connectivity index (χ4n) is 2.97. The maximum atomic E-state index is 12.6. The summed E-state index contributed by atoms with van der Waals surface area (Å²) in [6.07, 6.45) is 2.47. The standard InChI is InChI=1S/C23H25ClN4O4S2/c1-5-9-28-19(12-32-18-10-14(3)7-8-17(18)24)26-27-23(28)33-13-20(29)25-21-16(22(30)31-4)11-15(6-2)34-21/h5,7-8,10-11H,1,6,9,12-13H2,2-4H3,(H,25,29). The maximum Gasteiger partial charge on any atom is 0.340 e. The number of amides is 1. The number of hydrogen-bond acceptors (Lipinski definition) is 8. The van der Waals surface area contributed by atoms with Crippen molar-refractivity contribution < 1.29 is 19.1 Å². The second-order valence-corrected chi connectivity index (χ2v) is 9.64. The van der Waals surface area contributed by atoms with Crippen LogP contribution in [0.5, 0.6) is 5.75 Å². The molecule has 2 heterocycles. The van der Waals surface area contributed by atoms with Crippen LogP contribution in [0.15, 0.2) is 42.1 Å². The van der Waals surface area contributed by atoms with E-state index in [9.17, 15) is 9.59 Å². The predicted molar refractivity (Wildman–Crippen MR) is 135 cm³/mol. The zero-order valence-electron chi connectivity index (χ0n) is 19.1. The number of ether oxygens (including phenoxy) is 2. The minimum absolute atomic E-state index is 0.0831. The van der Waals surface area contributed by atoms with Gasteiger partial charge < -0.3 is 14.8 Å². The van der Waals surface area contributed by atoms with Crippen LogP contribution >= 0.6 is 34.7 Å². The lowest BCUT2D eigenvalue weighted by Gasteiger charge is -2.10. The maximum absolute atomic E-state index is 12.6. The first-order chi connectivity index (χ1) is 16.4. The van der Waals surface area contributed by atoms with Gasteiger partial charge in [-0.3, -0.25) is 9.36 Å². The van der Waals surface area contributed by atoms with Crippen LogP contribution in [0, 0.1) is 6.92 Å². The summed E-state index contributed by atoms with van der Waals surface area (Å²) >= 11 is 8.80. The Morgan fingerprint density at radius 3 is 2.82 bits per heavy atom. The molecule has 0 spiro atoms. The molecule has 3 rings (SSSR count). The van der Waals surface area contributed by atoms with Crippen molar-refractivity contribution in [2.45, 2.75) is 38.6 Å². The molecule has 0 fully saturated rings. The van der Waals surface area contributed by atoms with Gasteiger partial charge in [-0.25, -0.2) is 4.79 Å². The first-order valence-electron chi connectivity index (χ1n) is 10.4. The minimum atomic E-state index is -0.483. The van der Waals surface area contributed by atoms with Crippen molar-refractivity contribution in [3.8, 4) is 5.75 Å². The number of nitrogens with zero attached hydrogens (tertiary/aromatic N) is 3. The number of methoxy groups -OCH3 is 1. The Labute approximate surface area is 211 Å². The number of hydrogen-bond donors (Lipinski definition) is 1. The summed E-state index contributed by atoms with van der Waals surface area (Å²) in [5.74, 6) is 0.478. The van der Waals surface area contributed by atoms with E-state index in [4.69, 9.17) is 21.1 Å². The molecule has 0 atom stereocenters. The Bertz CT molecular complexity index is 1190. The van der Waals surface area contributed by atoms with Gasteiger partial charge in [0.2, 0.25) is 5.91 Å². The van der Waals surface area contributed by atoms with Gasteiger partial charge in [0.1, 0.15) is 17.4 Å². The Morgan fingerprint density at radius 1 is 1.32 bits per heavy atom. The number of allylic oxidation sites excluding steroid dienone is 1. The van der Waals surface area contributed by atoms with Crippen LogP contribution in [-0.2, 0) is 29.1 Å². The second-order valence-electron chi connectivity index (χ2n) is 7.16. The number of aryl methyl sites for hydroxylation is 2. The van der Waals surface area contributed by atoms with Crippen molar-refractivity contribution in [3.63, 3.8) is 0 Å². The van der Waals surface area contributed by atoms with Gasteiger partial charge >= 0.3 is 5.97 Å². The average Bonchev–Trinajstić information content (AvgIpc) is 3.41. The van der Waals surface area contributed by atoms with Gasteiger partial charge in [0.05, 0.1) is 23.4 Å². The minimum Gasteiger partial charge on any atom is -0.484 e. The first kappa shape index (κ1) is 25.8. The van der Waals surface area contributed by atoms with Crippen LogP contribution in [0.3, 0.4) is 0 Å². The number of nitrogens with one attached hydrogen (secondary N) is 1. The van der Waals surface area contributed by atoms with Crippen molar-refractivity contribution in [1.82, 2.24) is 14.8 Å². The largest absolute Gasteiger partial charge is 0.484 e. The molecule has 0 radical (unpaired) electrons. The van der Waals surface area contributed by atoms with Crippen molar-refractivity contribution in [1.29, 1.82) is 0 Å². The van der Waals surface area contributed by atoms with E-state index in [1.807, 2.05) is 30.5 Å². The van der Waals surface area contributed by atoms with E-state index in [0.717, 1.165) is 16.9 Å². The lowest BCUT2D eigenvalue weighted by molar-refractivity contribution is -0.113. The number of anilines is 1. The van der Waals surface area contributed by atoms with E-state index in [2.05, 4.69) is 22.1 Å². The fraction of sp³-hybridized carbons (Fsp3) is 0.304. The zero-order valence-corrected chi connectivity index (χ0v) is 21.5. The fourth-order valence-corrected chi connectivity index (χ4v) is 4.91. The van der Waals surface area contributed by atoms with Gasteiger partial charge in [0.15, 0.2) is 11.0 Å². The van der Waals surface area contributed by atoms with Crippen LogP contribution in [0.4, 0.5) is 5.00 Å². The third-order valence-electron chi connectivity index (χ3n) is 4.67. The molecule has 0 bridgehead atoms. The van der Waals surface area contributed by atoms with E-state index in [0.29, 0.717) is 38.9 Å². The van der Waals surface area contributed by atoms with E-state index in [1.165, 1.54) is 30.2 Å². The second kappa shape index (κ2) is 12.0. The highest BCUT2D eigenvalue weighted by molar-refractivity contribution is 7.99. The summed E-state index contributed by atoms with van der Waals surface area (Å²) in [6.45, 7) is 8.34. The quantitative estimate of drug-likeness (QED) is 0.212. The molecular weight excluding hydrogens is 496 g/mol. The molecule has 0 saturated carbocycles. The molecule has 2 aromatic heterocycles. The number of thioether (sulfide) groups is 1. The highest BCUT2D eigenvalue weighted by atomic mass is 35.5. The molecule has 1 amide bonds. The lowest BCUT2D eigenvalue weighted by Crippen LogP contribution is -2.16. The molecule has 0 unspecified atom stereocenters. The highest BCUT2D eigenvalue weighted by Gasteiger charge is 2.19. The van der Waals surface area contributed by atoms with Crippen LogP contribution < -0.4 is 10.1 Å². The molecular formula is C23H25ClN4O4S2. The lowest BCUT2D eigenvalue weighted by atomic mass is 10.2. The van der Waals surface area contributed by atoms with E-state index in [1.54, 1.807) is 18.2 Å². The van der Waals surface area contributed by atoms with Crippen molar-refractivity contribution in [2.24, 2.45) is 0 Å². The summed E-state index contributed by atoms with van der Waals surface area (Å²) < 4.78 is 12.5. The highest BCUT2D eigenvalue weighted by Crippen LogP contribution is 2.30. The van der Waals surface area contributed by atoms with E-state index >= 15 is 0 Å². The SMILES string of the molecule is C=CCn1c(COc2cc(C)ccc2Cl)nnc1SCC(=O)Nc1sc(CC)cc1C(=O)OC. The Balaban J connectivity index is 1.67. The van der Waals surface area contributed by atoms with Crippen LogP contribution in [0.2, 0.25) is 5.02 Å². The molecule has 180 valence electrons. The summed E-state index contributed by atoms with van der Waals surface area (Å²) in [7, 11) is 1.31. The molecule has 0 aliphatic heterocycles. The summed E-state index contributed by atoms with van der Waals surface area (Å²) in [5.41, 5.74) is 1.38. The molecule has 34 heavy (non-hydrogen) atoms. The number of carbonyl (C=O) groups excluding carboxylic acids is 2. The number of benzene rings is 1. The van der Waals surface area contributed by atoms with E-state index in [-0.39, 0.29) is 18.3 Å². The van der Waals surface area contributed by atoms with Crippen molar-refractivity contribution in [3.05, 3.63) is 63.8 Å². The van der Waals surface area contributed by atoms with Crippen molar-refractivity contribution in [2.75, 3.05) is 18.2 Å². The van der Waals surface area contributed by atoms with Crippen LogP contribution in [-0.4, -0.2) is 39.5 Å². The molecule has 1 N–H and O–H groups in total. The normalized spacial score (nSPS) is 10.7. The van der Waals surface area contributed by atoms with Crippen LogP contribution in [0.1, 0.15) is 33.5 Å². The Hall–Kier alpha value is -2.82. The third-order valence-corrected chi connectivity index (χ3v) is 7.14. The van der Waals surface area contributed by atoms with Gasteiger partial charge in [-0.15, -0.1) is 28.1 Å². The summed E-state index contributed by atoms with van der Waals surface area (Å²) in [5, 5.41) is 12.8. The number of aromatic nitrogens is 3. The molecule has 8 nitrogen and oxygen atoms in total. The predicted octanol–water partition coefficient (Wildman–Crippen LogP) is 5.15. The van der Waals surface area contributed by atoms with Gasteiger partial charge in [0, 0.05) is 11.4 Å². The molecule has 3 aromatic rings. The van der Waals surface area contributed by atoms with Gasteiger partial charge in [-0.05, 0) is 37.1 Å². The van der Waals surface area contributed by atoms with Gasteiger partial charge in [-0.2, -0.15) is 0 Å². The number of thiophene rings is 1. The molecule has 0 aliphatic carbocycles. The Morgan fingerprint density at radius 2 is 2.12 bits per heavy atom. The summed E-state index contributed by atoms with van der Waals surface area (Å²) in [4.78, 5) is 25.6. The average molecular weight is 521 g/mol. The molecule has 0 saturated heterocycles. The number of halogens is 1. The third kappa shape index (κ3) is 6.40. The van der Waals surface area contributed by atoms with Crippen LogP contribution in [0.25, 0.3) is 0 Å². The topological polar surface area (TPSA) is 95.3 Å². The van der Waals surface area contributed by atoms with Gasteiger partial charge in [0.25, 0.3) is 0 Å². The number of esters is 1. The van der Waals surface area contributed by atoms with Crippen molar-refractivity contribution >= 4 is 51.6 Å². The number of carbonyl (C=O) groups is 2. The number of rotatable bonds is 11. The molecule has 11 heteroatoms. The first-order valence-corrected chi connectivity index (χ1v) is 12.6. The van der Waals surface area contributed by atoms with Gasteiger partial charge in [-0.1, -0.05) is 42.4 Å². The monoisotopic (exact) mass is 520 g/mol. The summed E-state index contributed by atoms with van der Waals surface area (Å²) in [6, 6.07) is 7.28. The smallest absolute Gasteiger partial charge is 0.340 e. The zero-order chi connectivity index (χ0) is 24.7. The molecule has 1 aromatic carbocycles. The Kier molecular flexibility index (Phi) is 9.14.